The molecule has 0 spiro atoms. The third-order valence-corrected chi connectivity index (χ3v) is 2.34. The first-order valence-electron chi connectivity index (χ1n) is 4.97. The maximum atomic E-state index is 5.42. The molecule has 0 unspecified atom stereocenters. The molecular weight excluding hydrogens is 270 g/mol. The Morgan fingerprint density at radius 2 is 2.31 bits per heavy atom. The van der Waals surface area contributed by atoms with E-state index in [0.29, 0.717) is 13.2 Å². The number of nitrogens with one attached hydrogen (secondary N) is 1. The van der Waals surface area contributed by atoms with Crippen LogP contribution in [-0.4, -0.2) is 13.2 Å². The van der Waals surface area contributed by atoms with Crippen LogP contribution in [0.1, 0.15) is 12.5 Å². The Labute approximate surface area is 104 Å². The van der Waals surface area contributed by atoms with Crippen molar-refractivity contribution in [3.8, 4) is 18.1 Å². The minimum absolute atomic E-state index is 0.267. The van der Waals surface area contributed by atoms with Crippen molar-refractivity contribution in [2.45, 2.75) is 13.5 Å². The highest BCUT2D eigenvalue weighted by atomic mass is 79.9. The maximum absolute atomic E-state index is 5.42. The Balaban J connectivity index is 2.69. The quantitative estimate of drug-likeness (QED) is 0.494. The highest BCUT2D eigenvalue weighted by Gasteiger charge is 2.04. The smallest absolute Gasteiger partial charge is 0.148 e. The first-order valence-corrected chi connectivity index (χ1v) is 5.76. The van der Waals surface area contributed by atoms with Crippen molar-refractivity contribution in [3.05, 3.63) is 28.2 Å². The van der Waals surface area contributed by atoms with E-state index in [-0.39, 0.29) is 6.61 Å². The molecule has 0 bridgehead atoms. The minimum Gasteiger partial charge on any atom is -0.481 e. The number of hydrogen-bond donors (Lipinski definition) is 1. The number of ether oxygens (including phenoxy) is 1. The molecule has 0 heterocycles. The third kappa shape index (κ3) is 4.23. The normalized spacial score (nSPS) is 9.81. The molecule has 1 aromatic rings. The van der Waals surface area contributed by atoms with Gasteiger partial charge in [0.2, 0.25) is 0 Å². The monoisotopic (exact) mass is 283 g/mol. The van der Waals surface area contributed by atoms with Gasteiger partial charge in [-0.25, -0.2) is 0 Å². The number of hydroxylamine groups is 1. The lowest BCUT2D eigenvalue weighted by Gasteiger charge is -2.10. The Bertz CT molecular complexity index is 374. The van der Waals surface area contributed by atoms with Crippen LogP contribution in [0, 0.1) is 12.3 Å². The van der Waals surface area contributed by atoms with Crippen molar-refractivity contribution in [1.82, 2.24) is 5.48 Å². The van der Waals surface area contributed by atoms with Crippen molar-refractivity contribution in [2.75, 3.05) is 13.2 Å². The molecule has 0 saturated carbocycles. The summed E-state index contributed by atoms with van der Waals surface area (Å²) in [5.74, 6) is 3.21. The van der Waals surface area contributed by atoms with Crippen LogP contribution in [0.25, 0.3) is 0 Å². The molecule has 1 rings (SSSR count). The number of hydrogen-bond acceptors (Lipinski definition) is 3. The summed E-state index contributed by atoms with van der Waals surface area (Å²) in [4.78, 5) is 5.08. The van der Waals surface area contributed by atoms with Gasteiger partial charge in [0, 0.05) is 16.6 Å². The lowest BCUT2D eigenvalue weighted by atomic mass is 10.2. The average molecular weight is 284 g/mol. The Hall–Kier alpha value is -1.02. The lowest BCUT2D eigenvalue weighted by Crippen LogP contribution is -2.14. The molecule has 0 fully saturated rings. The number of halogens is 1. The molecule has 86 valence electrons. The van der Waals surface area contributed by atoms with E-state index in [9.17, 15) is 0 Å². The van der Waals surface area contributed by atoms with Gasteiger partial charge in [0.05, 0.1) is 6.61 Å². The topological polar surface area (TPSA) is 30.5 Å². The second kappa shape index (κ2) is 7.29. The fraction of sp³-hybridized carbons (Fsp3) is 0.333. The molecule has 0 saturated heterocycles. The van der Waals surface area contributed by atoms with Gasteiger partial charge < -0.3 is 9.57 Å². The van der Waals surface area contributed by atoms with Gasteiger partial charge in [-0.15, -0.1) is 6.42 Å². The van der Waals surface area contributed by atoms with Gasteiger partial charge in [-0.2, -0.15) is 5.48 Å². The van der Waals surface area contributed by atoms with Gasteiger partial charge in [0.1, 0.15) is 12.4 Å². The van der Waals surface area contributed by atoms with Crippen LogP contribution in [0.5, 0.6) is 5.75 Å². The molecule has 0 aliphatic rings. The highest BCUT2D eigenvalue weighted by Crippen LogP contribution is 2.23. The van der Waals surface area contributed by atoms with E-state index in [1.165, 1.54) is 0 Å². The van der Waals surface area contributed by atoms with E-state index in [1.54, 1.807) is 0 Å². The predicted molar refractivity (Wildman–Crippen MR) is 66.9 cm³/mol. The summed E-state index contributed by atoms with van der Waals surface area (Å²) in [6.07, 6.45) is 5.15. The van der Waals surface area contributed by atoms with Gasteiger partial charge in [0.15, 0.2) is 0 Å². The maximum Gasteiger partial charge on any atom is 0.148 e. The van der Waals surface area contributed by atoms with Crippen LogP contribution in [0.2, 0.25) is 0 Å². The summed E-state index contributed by atoms with van der Waals surface area (Å²) in [6.45, 7) is 3.38. The minimum atomic E-state index is 0.267. The molecule has 1 aromatic carbocycles. The first kappa shape index (κ1) is 13.0. The molecule has 1 N–H and O–H groups in total. The van der Waals surface area contributed by atoms with Gasteiger partial charge in [-0.05, 0) is 25.1 Å². The van der Waals surface area contributed by atoms with E-state index in [4.69, 9.17) is 16.0 Å². The van der Waals surface area contributed by atoms with Crippen molar-refractivity contribution in [1.29, 1.82) is 0 Å². The summed E-state index contributed by atoms with van der Waals surface area (Å²) >= 11 is 3.41. The summed E-state index contributed by atoms with van der Waals surface area (Å²) in [5, 5.41) is 0. The molecule has 16 heavy (non-hydrogen) atoms. The average Bonchev–Trinajstić information content (AvgIpc) is 2.28. The van der Waals surface area contributed by atoms with Crippen molar-refractivity contribution in [2.24, 2.45) is 0 Å². The van der Waals surface area contributed by atoms with Crippen LogP contribution in [0.15, 0.2) is 22.7 Å². The molecule has 4 heteroatoms. The van der Waals surface area contributed by atoms with Crippen LogP contribution in [-0.2, 0) is 11.4 Å². The summed E-state index contributed by atoms with van der Waals surface area (Å²) in [5.41, 5.74) is 3.84. The second-order valence-corrected chi connectivity index (χ2v) is 3.91. The SMILES string of the molecule is C#CCOc1ccc(Br)cc1CNOCC. The molecule has 0 aliphatic carbocycles. The number of rotatable bonds is 6. The van der Waals surface area contributed by atoms with Gasteiger partial charge >= 0.3 is 0 Å². The van der Waals surface area contributed by atoms with Crippen LogP contribution in [0.4, 0.5) is 0 Å². The standard InChI is InChI=1S/C12H14BrNO2/c1-3-7-15-12-6-5-11(13)8-10(12)9-14-16-4-2/h1,5-6,8,14H,4,7,9H2,2H3. The lowest BCUT2D eigenvalue weighted by molar-refractivity contribution is 0.0458. The molecular formula is C12H14BrNO2. The largest absolute Gasteiger partial charge is 0.481 e. The van der Waals surface area contributed by atoms with Crippen LogP contribution >= 0.6 is 15.9 Å². The van der Waals surface area contributed by atoms with Gasteiger partial charge in [-0.3, -0.25) is 0 Å². The second-order valence-electron chi connectivity index (χ2n) is 3.00. The summed E-state index contributed by atoms with van der Waals surface area (Å²) in [6, 6.07) is 5.76. The molecule has 0 atom stereocenters. The van der Waals surface area contributed by atoms with E-state index in [0.717, 1.165) is 15.8 Å². The number of terminal acetylenes is 1. The van der Waals surface area contributed by atoms with E-state index < -0.39 is 0 Å². The van der Waals surface area contributed by atoms with Crippen LogP contribution < -0.4 is 10.2 Å². The molecule has 0 aromatic heterocycles. The molecule has 0 aliphatic heterocycles. The van der Waals surface area contributed by atoms with Crippen LogP contribution in [0.3, 0.4) is 0 Å². The predicted octanol–water partition coefficient (Wildman–Crippen LogP) is 2.50. The molecule has 0 radical (unpaired) electrons. The van der Waals surface area contributed by atoms with Crippen molar-refractivity contribution >= 4 is 15.9 Å². The molecule has 0 amide bonds. The zero-order valence-electron chi connectivity index (χ0n) is 9.13. The van der Waals surface area contributed by atoms with E-state index in [1.807, 2.05) is 25.1 Å². The van der Waals surface area contributed by atoms with E-state index in [2.05, 4.69) is 27.3 Å². The first-order chi connectivity index (χ1) is 7.77. The Kier molecular flexibility index (Phi) is 5.94. The van der Waals surface area contributed by atoms with Crippen molar-refractivity contribution < 1.29 is 9.57 Å². The fourth-order valence-electron chi connectivity index (χ4n) is 1.18. The number of benzene rings is 1. The third-order valence-electron chi connectivity index (χ3n) is 1.84. The Morgan fingerprint density at radius 3 is 3.00 bits per heavy atom. The molecule has 3 nitrogen and oxygen atoms in total. The highest BCUT2D eigenvalue weighted by molar-refractivity contribution is 9.10. The summed E-state index contributed by atoms with van der Waals surface area (Å²) < 4.78 is 6.41. The summed E-state index contributed by atoms with van der Waals surface area (Å²) in [7, 11) is 0. The Morgan fingerprint density at radius 1 is 1.50 bits per heavy atom. The zero-order chi connectivity index (χ0) is 11.8. The van der Waals surface area contributed by atoms with Gasteiger partial charge in [0.25, 0.3) is 0 Å². The van der Waals surface area contributed by atoms with Crippen molar-refractivity contribution in [3.63, 3.8) is 0 Å². The van der Waals surface area contributed by atoms with Gasteiger partial charge in [-0.1, -0.05) is 21.9 Å². The van der Waals surface area contributed by atoms with E-state index >= 15 is 0 Å². The zero-order valence-corrected chi connectivity index (χ0v) is 10.7. The fourth-order valence-corrected chi connectivity index (χ4v) is 1.59.